The number of nitrogens with one attached hydrogen (secondary N) is 1. The van der Waals surface area contributed by atoms with Crippen LogP contribution >= 0.6 is 0 Å². The third kappa shape index (κ3) is 4.66. The van der Waals surface area contributed by atoms with E-state index in [4.69, 9.17) is 4.42 Å². The second-order valence-electron chi connectivity index (χ2n) is 7.90. The molecule has 164 valence electrons. The lowest BCUT2D eigenvalue weighted by atomic mass is 10.1. The summed E-state index contributed by atoms with van der Waals surface area (Å²) in [6.45, 7) is 4.48. The highest BCUT2D eigenvalue weighted by atomic mass is 32.2. The van der Waals surface area contributed by atoms with Gasteiger partial charge in [0.25, 0.3) is 0 Å². The van der Waals surface area contributed by atoms with Crippen LogP contribution in [0, 0.1) is 0 Å². The van der Waals surface area contributed by atoms with Gasteiger partial charge in [-0.05, 0) is 49.4 Å². The van der Waals surface area contributed by atoms with Gasteiger partial charge in [0.1, 0.15) is 5.58 Å². The standard InChI is InChI=1S/C23H27N3O4S/c1-3-17-4-9-21-18(16-30-22(21)14-17)15-23(27)24-19-5-7-20(8-6-19)31(28,29)26-12-10-25(2)11-13-26/h4-9,14,16H,3,10-13,15H2,1-2H3,(H,24,27). The highest BCUT2D eigenvalue weighted by Gasteiger charge is 2.27. The summed E-state index contributed by atoms with van der Waals surface area (Å²) >= 11 is 0. The van der Waals surface area contributed by atoms with E-state index in [9.17, 15) is 13.2 Å². The van der Waals surface area contributed by atoms with Crippen LogP contribution in [0.25, 0.3) is 11.0 Å². The summed E-state index contributed by atoms with van der Waals surface area (Å²) in [6, 6.07) is 12.4. The number of nitrogens with zero attached hydrogens (tertiary/aromatic N) is 2. The van der Waals surface area contributed by atoms with E-state index >= 15 is 0 Å². The number of piperazine rings is 1. The van der Waals surface area contributed by atoms with Gasteiger partial charge in [0.15, 0.2) is 0 Å². The van der Waals surface area contributed by atoms with Gasteiger partial charge in [-0.3, -0.25) is 4.79 Å². The van der Waals surface area contributed by atoms with E-state index in [1.54, 1.807) is 30.5 Å². The minimum absolute atomic E-state index is 0.180. The van der Waals surface area contributed by atoms with Crippen LogP contribution in [-0.4, -0.2) is 56.8 Å². The number of fused-ring (bicyclic) bond motifs is 1. The van der Waals surface area contributed by atoms with E-state index < -0.39 is 10.0 Å². The molecule has 1 aliphatic rings. The molecular weight excluding hydrogens is 414 g/mol. The maximum Gasteiger partial charge on any atom is 0.243 e. The van der Waals surface area contributed by atoms with Crippen LogP contribution in [0.4, 0.5) is 5.69 Å². The van der Waals surface area contributed by atoms with Crippen molar-refractivity contribution in [2.45, 2.75) is 24.7 Å². The van der Waals surface area contributed by atoms with Crippen LogP contribution in [0.2, 0.25) is 0 Å². The summed E-state index contributed by atoms with van der Waals surface area (Å²) < 4.78 is 32.8. The molecule has 1 amide bonds. The van der Waals surface area contributed by atoms with Gasteiger partial charge in [0.05, 0.1) is 17.6 Å². The molecule has 1 N–H and O–H groups in total. The summed E-state index contributed by atoms with van der Waals surface area (Å²) in [6.07, 6.45) is 2.72. The molecule has 1 fully saturated rings. The lowest BCUT2D eigenvalue weighted by Crippen LogP contribution is -2.46. The van der Waals surface area contributed by atoms with Crippen LogP contribution in [0.15, 0.2) is 58.0 Å². The largest absolute Gasteiger partial charge is 0.464 e. The molecule has 4 rings (SSSR count). The number of furan rings is 1. The van der Waals surface area contributed by atoms with Gasteiger partial charge in [-0.15, -0.1) is 0 Å². The Morgan fingerprint density at radius 1 is 1.06 bits per heavy atom. The molecule has 1 aromatic heterocycles. The Morgan fingerprint density at radius 3 is 2.45 bits per heavy atom. The summed E-state index contributed by atoms with van der Waals surface area (Å²) in [5.74, 6) is -0.183. The predicted octanol–water partition coefficient (Wildman–Crippen LogP) is 3.11. The van der Waals surface area contributed by atoms with Crippen LogP contribution in [0.5, 0.6) is 0 Å². The van der Waals surface area contributed by atoms with Gasteiger partial charge in [-0.25, -0.2) is 8.42 Å². The molecule has 7 nitrogen and oxygen atoms in total. The molecule has 0 aliphatic carbocycles. The number of hydrogen-bond acceptors (Lipinski definition) is 5. The summed E-state index contributed by atoms with van der Waals surface area (Å²) in [7, 11) is -1.54. The van der Waals surface area contributed by atoms with Crippen molar-refractivity contribution in [2.24, 2.45) is 0 Å². The van der Waals surface area contributed by atoms with Crippen LogP contribution in [0.1, 0.15) is 18.1 Å². The molecule has 1 saturated heterocycles. The number of carbonyl (C=O) groups is 1. The fraction of sp³-hybridized carbons (Fsp3) is 0.348. The fourth-order valence-corrected chi connectivity index (χ4v) is 5.17. The fourth-order valence-electron chi connectivity index (χ4n) is 3.75. The highest BCUT2D eigenvalue weighted by Crippen LogP contribution is 2.24. The van der Waals surface area contributed by atoms with Gasteiger partial charge < -0.3 is 14.6 Å². The van der Waals surface area contributed by atoms with Gasteiger partial charge in [-0.2, -0.15) is 4.31 Å². The monoisotopic (exact) mass is 441 g/mol. The van der Waals surface area contributed by atoms with Crippen LogP contribution < -0.4 is 5.32 Å². The molecule has 8 heteroatoms. The normalized spacial score (nSPS) is 15.9. The molecular formula is C23H27N3O4S. The van der Waals surface area contributed by atoms with Crippen molar-refractivity contribution in [1.29, 1.82) is 0 Å². The molecule has 0 atom stereocenters. The van der Waals surface area contributed by atoms with Crippen LogP contribution in [0.3, 0.4) is 0 Å². The zero-order chi connectivity index (χ0) is 22.0. The maximum atomic E-state index is 12.8. The number of aryl methyl sites for hydroxylation is 1. The molecule has 2 heterocycles. The number of benzene rings is 2. The second-order valence-corrected chi connectivity index (χ2v) is 9.84. The zero-order valence-corrected chi connectivity index (χ0v) is 18.6. The predicted molar refractivity (Wildman–Crippen MR) is 121 cm³/mol. The van der Waals surface area contributed by atoms with E-state index in [2.05, 4.69) is 17.1 Å². The molecule has 31 heavy (non-hydrogen) atoms. The highest BCUT2D eigenvalue weighted by molar-refractivity contribution is 7.89. The first-order valence-corrected chi connectivity index (χ1v) is 11.9. The van der Waals surface area contributed by atoms with Crippen LogP contribution in [-0.2, 0) is 27.7 Å². The quantitative estimate of drug-likeness (QED) is 0.636. The molecule has 3 aromatic rings. The molecule has 0 unspecified atom stereocenters. The van der Waals surface area contributed by atoms with E-state index in [0.717, 1.165) is 36.0 Å². The van der Waals surface area contributed by atoms with Crippen molar-refractivity contribution in [2.75, 3.05) is 38.5 Å². The van der Waals surface area contributed by atoms with Crippen molar-refractivity contribution in [3.63, 3.8) is 0 Å². The SMILES string of the molecule is CCc1ccc2c(CC(=O)Nc3ccc(S(=O)(=O)N4CCN(C)CC4)cc3)coc2c1. The lowest BCUT2D eigenvalue weighted by Gasteiger charge is -2.31. The van der Waals surface area contributed by atoms with E-state index in [-0.39, 0.29) is 17.2 Å². The van der Waals surface area contributed by atoms with E-state index in [1.807, 2.05) is 25.2 Å². The average molecular weight is 442 g/mol. The summed E-state index contributed by atoms with van der Waals surface area (Å²) in [5, 5.41) is 3.77. The van der Waals surface area contributed by atoms with E-state index in [0.29, 0.717) is 18.8 Å². The second kappa shape index (κ2) is 8.82. The van der Waals surface area contributed by atoms with Crippen molar-refractivity contribution < 1.29 is 17.6 Å². The molecule has 0 spiro atoms. The summed E-state index contributed by atoms with van der Waals surface area (Å²) in [5.41, 5.74) is 3.35. The molecule has 0 saturated carbocycles. The number of likely N-dealkylation sites (N-methyl/N-ethyl adjacent to an activating group) is 1. The Morgan fingerprint density at radius 2 is 1.77 bits per heavy atom. The van der Waals surface area contributed by atoms with Gasteiger partial charge in [-0.1, -0.05) is 19.1 Å². The number of anilines is 1. The Labute approximate surface area is 182 Å². The Balaban J connectivity index is 1.41. The third-order valence-electron chi connectivity index (χ3n) is 5.72. The first-order valence-electron chi connectivity index (χ1n) is 10.4. The number of hydrogen-bond donors (Lipinski definition) is 1. The minimum atomic E-state index is -3.52. The minimum Gasteiger partial charge on any atom is -0.464 e. The van der Waals surface area contributed by atoms with Crippen molar-refractivity contribution >= 4 is 32.6 Å². The number of rotatable bonds is 6. The van der Waals surface area contributed by atoms with Gasteiger partial charge in [0.2, 0.25) is 15.9 Å². The number of carbonyl (C=O) groups excluding carboxylic acids is 1. The Hall–Kier alpha value is -2.68. The number of amides is 1. The molecule has 2 aromatic carbocycles. The summed E-state index contributed by atoms with van der Waals surface area (Å²) in [4.78, 5) is 14.9. The zero-order valence-electron chi connectivity index (χ0n) is 17.8. The number of sulfonamides is 1. The Bertz CT molecular complexity index is 1180. The molecule has 1 aliphatic heterocycles. The maximum absolute atomic E-state index is 12.8. The topological polar surface area (TPSA) is 82.9 Å². The first kappa shape index (κ1) is 21.5. The third-order valence-corrected chi connectivity index (χ3v) is 7.63. The van der Waals surface area contributed by atoms with E-state index in [1.165, 1.54) is 9.87 Å². The van der Waals surface area contributed by atoms with Crippen molar-refractivity contribution in [3.05, 3.63) is 59.9 Å². The average Bonchev–Trinajstić information content (AvgIpc) is 3.16. The molecule has 0 radical (unpaired) electrons. The molecule has 0 bridgehead atoms. The lowest BCUT2D eigenvalue weighted by molar-refractivity contribution is -0.115. The Kier molecular flexibility index (Phi) is 6.13. The van der Waals surface area contributed by atoms with Gasteiger partial charge >= 0.3 is 0 Å². The smallest absolute Gasteiger partial charge is 0.243 e. The first-order chi connectivity index (χ1) is 14.9. The van der Waals surface area contributed by atoms with Gasteiger partial charge in [0, 0.05) is 42.8 Å². The van der Waals surface area contributed by atoms with Crippen molar-refractivity contribution in [3.8, 4) is 0 Å². The van der Waals surface area contributed by atoms with Crippen molar-refractivity contribution in [1.82, 2.24) is 9.21 Å².